The Morgan fingerprint density at radius 2 is 1.91 bits per heavy atom. The molecule has 3 nitrogen and oxygen atoms in total. The van der Waals surface area contributed by atoms with Gasteiger partial charge in [-0.1, -0.05) is 24.3 Å². The highest BCUT2D eigenvalue weighted by atomic mass is 79.9. The van der Waals surface area contributed by atoms with Crippen LogP contribution in [-0.2, 0) is 6.54 Å². The van der Waals surface area contributed by atoms with Crippen molar-refractivity contribution in [3.63, 3.8) is 0 Å². The van der Waals surface area contributed by atoms with Gasteiger partial charge in [-0.05, 0) is 52.6 Å². The minimum Gasteiger partial charge on any atom is -0.294 e. The van der Waals surface area contributed by atoms with Crippen molar-refractivity contribution < 1.29 is 4.79 Å². The topological polar surface area (TPSA) is 23.6 Å². The summed E-state index contributed by atoms with van der Waals surface area (Å²) in [6.07, 6.45) is 0. The summed E-state index contributed by atoms with van der Waals surface area (Å²) in [4.78, 5) is 18.1. The molecule has 0 aliphatic carbocycles. The van der Waals surface area contributed by atoms with Crippen molar-refractivity contribution in [2.45, 2.75) is 6.54 Å². The Kier molecular flexibility index (Phi) is 3.71. The number of amides is 1. The Morgan fingerprint density at radius 1 is 1.13 bits per heavy atom. The van der Waals surface area contributed by atoms with Crippen LogP contribution in [0.25, 0.3) is 10.8 Å². The second kappa shape index (κ2) is 5.74. The second-order valence-electron chi connectivity index (χ2n) is 5.78. The van der Waals surface area contributed by atoms with Crippen LogP contribution in [0.1, 0.15) is 15.2 Å². The van der Waals surface area contributed by atoms with Gasteiger partial charge in [0.2, 0.25) is 0 Å². The maximum atomic E-state index is 12.8. The van der Waals surface area contributed by atoms with Gasteiger partial charge in [-0.25, -0.2) is 0 Å². The number of halogens is 1. The Bertz CT molecular complexity index is 900. The normalized spacial score (nSPS) is 13.5. The second-order valence-corrected chi connectivity index (χ2v) is 8.32. The maximum absolute atomic E-state index is 12.8. The predicted molar refractivity (Wildman–Crippen MR) is 99.1 cm³/mol. The summed E-state index contributed by atoms with van der Waals surface area (Å²) >= 11 is 5.22. The maximum Gasteiger partial charge on any atom is 0.260 e. The molecule has 4 rings (SSSR count). The van der Waals surface area contributed by atoms with Gasteiger partial charge in [0.05, 0.1) is 16.1 Å². The van der Waals surface area contributed by atoms with Gasteiger partial charge in [-0.3, -0.25) is 14.6 Å². The first kappa shape index (κ1) is 14.9. The number of nitrogens with zero attached hydrogens (tertiary/aromatic N) is 2. The Morgan fingerprint density at radius 3 is 2.65 bits per heavy atom. The summed E-state index contributed by atoms with van der Waals surface area (Å²) in [5.74, 6) is 0.0935. The van der Waals surface area contributed by atoms with E-state index >= 15 is 0 Å². The molecule has 116 valence electrons. The van der Waals surface area contributed by atoms with Gasteiger partial charge in [0.15, 0.2) is 0 Å². The quantitative estimate of drug-likeness (QED) is 0.647. The molecular weight excluding hydrogens is 372 g/mol. The standard InChI is InChI=1S/C18H15BrN2OS/c1-20(10-13-8-9-16(19)23-13)11-21-15-7-3-5-12-4-2-6-14(17(12)15)18(21)22/h2-9H,10-11H2,1H3. The molecule has 1 aliphatic heterocycles. The van der Waals surface area contributed by atoms with Gasteiger partial charge in [0.25, 0.3) is 5.91 Å². The van der Waals surface area contributed by atoms with E-state index in [4.69, 9.17) is 0 Å². The monoisotopic (exact) mass is 386 g/mol. The van der Waals surface area contributed by atoms with Crippen LogP contribution in [0.5, 0.6) is 0 Å². The Hall–Kier alpha value is -1.69. The van der Waals surface area contributed by atoms with E-state index in [9.17, 15) is 4.79 Å². The minimum atomic E-state index is 0.0935. The fraction of sp³-hybridized carbons (Fsp3) is 0.167. The highest BCUT2D eigenvalue weighted by Gasteiger charge is 2.29. The SMILES string of the molecule is CN(Cc1ccc(Br)s1)CN1C(=O)c2cccc3cccc1c23. The molecule has 5 heteroatoms. The van der Waals surface area contributed by atoms with E-state index in [2.05, 4.69) is 45.1 Å². The molecule has 0 unspecified atom stereocenters. The largest absolute Gasteiger partial charge is 0.294 e. The molecule has 23 heavy (non-hydrogen) atoms. The third-order valence-electron chi connectivity index (χ3n) is 4.09. The van der Waals surface area contributed by atoms with Crippen LogP contribution in [0.15, 0.2) is 52.3 Å². The molecule has 1 aromatic heterocycles. The van der Waals surface area contributed by atoms with Crippen molar-refractivity contribution >= 4 is 49.6 Å². The van der Waals surface area contributed by atoms with Crippen LogP contribution in [0.3, 0.4) is 0 Å². The van der Waals surface area contributed by atoms with Crippen LogP contribution >= 0.6 is 27.3 Å². The van der Waals surface area contributed by atoms with Crippen LogP contribution in [0.2, 0.25) is 0 Å². The van der Waals surface area contributed by atoms with Gasteiger partial charge < -0.3 is 0 Å². The van der Waals surface area contributed by atoms with Gasteiger partial charge in [0.1, 0.15) is 0 Å². The van der Waals surface area contributed by atoms with E-state index in [0.29, 0.717) is 6.67 Å². The molecule has 0 fully saturated rings. The summed E-state index contributed by atoms with van der Waals surface area (Å²) in [5, 5.41) is 2.20. The van der Waals surface area contributed by atoms with Crippen LogP contribution in [0, 0.1) is 0 Å². The number of hydrogen-bond donors (Lipinski definition) is 0. The molecule has 3 aromatic rings. The number of carbonyl (C=O) groups excluding carboxylic acids is 1. The average molecular weight is 387 g/mol. The van der Waals surface area contributed by atoms with Crippen LogP contribution in [-0.4, -0.2) is 24.5 Å². The summed E-state index contributed by atoms with van der Waals surface area (Å²) in [5.41, 5.74) is 1.83. The predicted octanol–water partition coefficient (Wildman–Crippen LogP) is 4.71. The van der Waals surface area contributed by atoms with Crippen LogP contribution < -0.4 is 4.90 Å². The van der Waals surface area contributed by atoms with Crippen molar-refractivity contribution in [1.29, 1.82) is 0 Å². The third-order valence-corrected chi connectivity index (χ3v) is 5.69. The van der Waals surface area contributed by atoms with E-state index in [-0.39, 0.29) is 5.91 Å². The van der Waals surface area contributed by atoms with E-state index in [1.54, 1.807) is 11.3 Å². The van der Waals surface area contributed by atoms with Crippen molar-refractivity contribution in [3.8, 4) is 0 Å². The average Bonchev–Trinajstić information content (AvgIpc) is 3.06. The molecule has 0 saturated heterocycles. The molecule has 1 amide bonds. The lowest BCUT2D eigenvalue weighted by molar-refractivity contribution is 0.0977. The molecule has 2 heterocycles. The van der Waals surface area contributed by atoms with E-state index in [1.165, 1.54) is 4.88 Å². The highest BCUT2D eigenvalue weighted by Crippen LogP contribution is 2.37. The number of benzene rings is 2. The first-order valence-electron chi connectivity index (χ1n) is 7.40. The van der Waals surface area contributed by atoms with Gasteiger partial charge in [-0.15, -0.1) is 11.3 Å². The fourth-order valence-corrected chi connectivity index (χ4v) is 4.68. The molecule has 0 radical (unpaired) electrons. The number of rotatable bonds is 4. The molecule has 0 N–H and O–H groups in total. The summed E-state index contributed by atoms with van der Waals surface area (Å²) in [7, 11) is 2.05. The lowest BCUT2D eigenvalue weighted by atomic mass is 10.1. The minimum absolute atomic E-state index is 0.0935. The van der Waals surface area contributed by atoms with E-state index in [1.807, 2.05) is 36.2 Å². The number of thiophene rings is 1. The zero-order chi connectivity index (χ0) is 16.0. The third kappa shape index (κ3) is 2.59. The summed E-state index contributed by atoms with van der Waals surface area (Å²) < 4.78 is 1.13. The zero-order valence-corrected chi connectivity index (χ0v) is 15.0. The van der Waals surface area contributed by atoms with Crippen molar-refractivity contribution in [3.05, 3.63) is 62.8 Å². The Labute approximate surface area is 147 Å². The number of carbonyl (C=O) groups is 1. The number of anilines is 1. The first-order chi connectivity index (χ1) is 11.1. The molecule has 0 saturated carbocycles. The van der Waals surface area contributed by atoms with E-state index in [0.717, 1.165) is 32.4 Å². The van der Waals surface area contributed by atoms with Crippen molar-refractivity contribution in [1.82, 2.24) is 4.90 Å². The zero-order valence-electron chi connectivity index (χ0n) is 12.6. The Balaban J connectivity index is 1.61. The van der Waals surface area contributed by atoms with Crippen molar-refractivity contribution in [2.75, 3.05) is 18.6 Å². The van der Waals surface area contributed by atoms with Crippen molar-refractivity contribution in [2.24, 2.45) is 0 Å². The fourth-order valence-electron chi connectivity index (χ4n) is 3.11. The first-order valence-corrected chi connectivity index (χ1v) is 9.01. The number of hydrogen-bond acceptors (Lipinski definition) is 3. The molecule has 0 bridgehead atoms. The smallest absolute Gasteiger partial charge is 0.260 e. The molecule has 1 aliphatic rings. The lowest BCUT2D eigenvalue weighted by Crippen LogP contribution is -2.37. The molecule has 0 atom stereocenters. The van der Waals surface area contributed by atoms with Gasteiger partial charge in [0, 0.05) is 22.4 Å². The van der Waals surface area contributed by atoms with E-state index < -0.39 is 0 Å². The molecule has 2 aromatic carbocycles. The van der Waals surface area contributed by atoms with Gasteiger partial charge in [-0.2, -0.15) is 0 Å². The molecular formula is C18H15BrN2OS. The summed E-state index contributed by atoms with van der Waals surface area (Å²) in [6.45, 7) is 1.41. The lowest BCUT2D eigenvalue weighted by Gasteiger charge is -2.24. The van der Waals surface area contributed by atoms with Gasteiger partial charge >= 0.3 is 0 Å². The molecule has 0 spiro atoms. The van der Waals surface area contributed by atoms with Crippen LogP contribution in [0.4, 0.5) is 5.69 Å². The highest BCUT2D eigenvalue weighted by molar-refractivity contribution is 9.11. The summed E-state index contributed by atoms with van der Waals surface area (Å²) in [6, 6.07) is 16.2.